The molecule has 0 aliphatic carbocycles. The van der Waals surface area contributed by atoms with E-state index in [1.807, 2.05) is 20.8 Å². The zero-order chi connectivity index (χ0) is 27.9. The van der Waals surface area contributed by atoms with Crippen LogP contribution < -0.4 is 19.1 Å². The third-order valence-electron chi connectivity index (χ3n) is 6.48. The average Bonchev–Trinajstić information content (AvgIpc) is 2.92. The van der Waals surface area contributed by atoms with Crippen molar-refractivity contribution < 1.29 is 27.5 Å². The summed E-state index contributed by atoms with van der Waals surface area (Å²) in [5.74, 6) is -0.127. The van der Waals surface area contributed by atoms with Crippen molar-refractivity contribution in [2.75, 3.05) is 29.8 Å². The summed E-state index contributed by atoms with van der Waals surface area (Å²) in [6.07, 6.45) is 1.07. The number of nitrogens with zero attached hydrogens (tertiary/aromatic N) is 2. The maximum atomic E-state index is 13.9. The van der Waals surface area contributed by atoms with E-state index in [0.717, 1.165) is 10.7 Å². The van der Waals surface area contributed by atoms with Crippen LogP contribution >= 0.6 is 11.6 Å². The van der Waals surface area contributed by atoms with Gasteiger partial charge in [-0.2, -0.15) is 0 Å². The summed E-state index contributed by atoms with van der Waals surface area (Å²) in [5.41, 5.74) is 0.931. The topological polar surface area (TPSA) is 105 Å². The monoisotopic (exact) mass is 565 g/mol. The number of carbonyl (C=O) groups excluding carboxylic acids is 2. The number of rotatable bonds is 12. The Hall–Kier alpha value is -2.98. The lowest BCUT2D eigenvalue weighted by molar-refractivity contribution is -0.140. The minimum Gasteiger partial charge on any atom is -0.486 e. The lowest BCUT2D eigenvalue weighted by atomic mass is 10.1. The first kappa shape index (κ1) is 29.6. The van der Waals surface area contributed by atoms with Crippen LogP contribution in [-0.4, -0.2) is 62.7 Å². The van der Waals surface area contributed by atoms with E-state index < -0.39 is 28.5 Å². The average molecular weight is 566 g/mol. The van der Waals surface area contributed by atoms with Gasteiger partial charge in [-0.3, -0.25) is 13.9 Å². The Bertz CT molecular complexity index is 1240. The first-order chi connectivity index (χ1) is 18.1. The summed E-state index contributed by atoms with van der Waals surface area (Å²) < 4.78 is 38.6. The molecule has 2 aromatic carbocycles. The Labute approximate surface area is 230 Å². The predicted octanol–water partition coefficient (Wildman–Crippen LogP) is 3.99. The van der Waals surface area contributed by atoms with Gasteiger partial charge in [0.2, 0.25) is 21.8 Å². The molecule has 0 spiro atoms. The molecule has 0 unspecified atom stereocenters. The molecule has 1 N–H and O–H groups in total. The van der Waals surface area contributed by atoms with Crippen molar-refractivity contribution >= 4 is 39.1 Å². The third-order valence-corrected chi connectivity index (χ3v) is 8.59. The Morgan fingerprint density at radius 1 is 1.03 bits per heavy atom. The molecule has 2 atom stereocenters. The molecule has 1 heterocycles. The highest BCUT2D eigenvalue weighted by Gasteiger charge is 2.33. The second-order valence-corrected chi connectivity index (χ2v) is 11.7. The van der Waals surface area contributed by atoms with Gasteiger partial charge in [0.25, 0.3) is 0 Å². The van der Waals surface area contributed by atoms with Crippen molar-refractivity contribution in [1.82, 2.24) is 10.2 Å². The van der Waals surface area contributed by atoms with Gasteiger partial charge in [0.15, 0.2) is 11.5 Å². The van der Waals surface area contributed by atoms with Gasteiger partial charge in [0, 0.05) is 23.7 Å². The number of fused-ring (bicyclic) bond motifs is 1. The SMILES string of the molecule is CC[C@@H](C)NC(=O)[C@@H](CC)N(Cc1ccccc1Cl)C(=O)CN(c1ccc2c(c1)OCCO2)S(=O)(=O)CC. The zero-order valence-corrected chi connectivity index (χ0v) is 23.8. The quantitative estimate of drug-likeness (QED) is 0.417. The van der Waals surface area contributed by atoms with Crippen LogP contribution in [0.2, 0.25) is 5.02 Å². The van der Waals surface area contributed by atoms with E-state index in [-0.39, 0.29) is 29.9 Å². The summed E-state index contributed by atoms with van der Waals surface area (Å²) in [5, 5.41) is 3.40. The molecule has 9 nitrogen and oxygen atoms in total. The molecular formula is C27H36ClN3O6S. The second-order valence-electron chi connectivity index (χ2n) is 9.09. The van der Waals surface area contributed by atoms with Crippen LogP contribution in [0.15, 0.2) is 42.5 Å². The van der Waals surface area contributed by atoms with Gasteiger partial charge in [0.05, 0.1) is 11.4 Å². The van der Waals surface area contributed by atoms with Crippen molar-refractivity contribution in [3.05, 3.63) is 53.1 Å². The number of sulfonamides is 1. The number of hydrogen-bond donors (Lipinski definition) is 1. The maximum Gasteiger partial charge on any atom is 0.244 e. The molecule has 0 saturated heterocycles. The van der Waals surface area contributed by atoms with Crippen LogP contribution in [0.25, 0.3) is 0 Å². The summed E-state index contributed by atoms with van der Waals surface area (Å²) >= 11 is 6.40. The van der Waals surface area contributed by atoms with Crippen molar-refractivity contribution in [2.24, 2.45) is 0 Å². The highest BCUT2D eigenvalue weighted by atomic mass is 35.5. The predicted molar refractivity (Wildman–Crippen MR) is 148 cm³/mol. The molecule has 0 fully saturated rings. The van der Waals surface area contributed by atoms with E-state index >= 15 is 0 Å². The number of anilines is 1. The molecule has 2 amide bonds. The van der Waals surface area contributed by atoms with Crippen molar-refractivity contribution in [2.45, 2.75) is 59.2 Å². The number of nitrogens with one attached hydrogen (secondary N) is 1. The van der Waals surface area contributed by atoms with E-state index in [0.29, 0.717) is 41.7 Å². The molecule has 3 rings (SSSR count). The van der Waals surface area contributed by atoms with Crippen LogP contribution in [0, 0.1) is 0 Å². The van der Waals surface area contributed by atoms with Gasteiger partial charge in [-0.1, -0.05) is 43.6 Å². The number of amides is 2. The Balaban J connectivity index is 1.99. The second kappa shape index (κ2) is 13.2. The highest BCUT2D eigenvalue weighted by molar-refractivity contribution is 7.92. The molecule has 1 aliphatic rings. The molecule has 0 saturated carbocycles. The van der Waals surface area contributed by atoms with Crippen molar-refractivity contribution in [1.29, 1.82) is 0 Å². The van der Waals surface area contributed by atoms with E-state index in [4.69, 9.17) is 21.1 Å². The van der Waals surface area contributed by atoms with Gasteiger partial charge >= 0.3 is 0 Å². The number of ether oxygens (including phenoxy) is 2. The summed E-state index contributed by atoms with van der Waals surface area (Å²) in [6, 6.07) is 10.9. The van der Waals surface area contributed by atoms with Crippen LogP contribution in [0.4, 0.5) is 5.69 Å². The molecular weight excluding hydrogens is 530 g/mol. The number of carbonyl (C=O) groups is 2. The highest BCUT2D eigenvalue weighted by Crippen LogP contribution is 2.35. The Morgan fingerprint density at radius 3 is 2.34 bits per heavy atom. The number of hydrogen-bond acceptors (Lipinski definition) is 6. The summed E-state index contributed by atoms with van der Waals surface area (Å²) in [4.78, 5) is 28.5. The third kappa shape index (κ3) is 7.11. The van der Waals surface area contributed by atoms with Crippen LogP contribution in [0.5, 0.6) is 11.5 Å². The molecule has 2 aromatic rings. The fourth-order valence-corrected chi connectivity index (χ4v) is 5.33. The van der Waals surface area contributed by atoms with Crippen LogP contribution in [0.1, 0.15) is 46.1 Å². The molecule has 11 heteroatoms. The van der Waals surface area contributed by atoms with E-state index in [1.54, 1.807) is 42.5 Å². The standard InChI is InChI=1S/C27H36ClN3O6S/c1-5-19(4)29-27(33)23(6-2)30(17-20-10-8-9-11-22(20)28)26(32)18-31(38(34,35)7-3)21-12-13-24-25(16-21)37-15-14-36-24/h8-13,16,19,23H,5-7,14-15,17-18H2,1-4H3,(H,29,33)/t19-,23-/m1/s1. The first-order valence-corrected chi connectivity index (χ1v) is 14.8. The molecule has 0 radical (unpaired) electrons. The van der Waals surface area contributed by atoms with Crippen LogP contribution in [-0.2, 0) is 26.2 Å². The normalized spacial score (nSPS) is 14.3. The molecule has 208 valence electrons. The van der Waals surface area contributed by atoms with Gasteiger partial charge in [0.1, 0.15) is 25.8 Å². The van der Waals surface area contributed by atoms with Gasteiger partial charge in [-0.15, -0.1) is 0 Å². The first-order valence-electron chi connectivity index (χ1n) is 12.8. The lowest BCUT2D eigenvalue weighted by Gasteiger charge is -2.34. The summed E-state index contributed by atoms with van der Waals surface area (Å²) in [6.45, 7) is 7.47. The van der Waals surface area contributed by atoms with Crippen molar-refractivity contribution in [3.8, 4) is 11.5 Å². The molecule has 0 bridgehead atoms. The number of halogens is 1. The van der Waals surface area contributed by atoms with Gasteiger partial charge in [-0.05, 0) is 50.5 Å². The lowest BCUT2D eigenvalue weighted by Crippen LogP contribution is -2.53. The Kier molecular flexibility index (Phi) is 10.3. The zero-order valence-electron chi connectivity index (χ0n) is 22.3. The largest absolute Gasteiger partial charge is 0.486 e. The van der Waals surface area contributed by atoms with Crippen LogP contribution in [0.3, 0.4) is 0 Å². The van der Waals surface area contributed by atoms with E-state index in [2.05, 4.69) is 5.32 Å². The molecule has 1 aliphatic heterocycles. The number of benzene rings is 2. The molecule has 0 aromatic heterocycles. The van der Waals surface area contributed by atoms with E-state index in [9.17, 15) is 18.0 Å². The maximum absolute atomic E-state index is 13.9. The summed E-state index contributed by atoms with van der Waals surface area (Å²) in [7, 11) is -3.86. The fourth-order valence-electron chi connectivity index (χ4n) is 4.08. The Morgan fingerprint density at radius 2 is 1.71 bits per heavy atom. The van der Waals surface area contributed by atoms with E-state index in [1.165, 1.54) is 11.8 Å². The van der Waals surface area contributed by atoms with Crippen molar-refractivity contribution in [3.63, 3.8) is 0 Å². The fraction of sp³-hybridized carbons (Fsp3) is 0.481. The van der Waals surface area contributed by atoms with Gasteiger partial charge in [-0.25, -0.2) is 8.42 Å². The smallest absolute Gasteiger partial charge is 0.244 e. The molecule has 38 heavy (non-hydrogen) atoms. The van der Waals surface area contributed by atoms with Gasteiger partial charge < -0.3 is 19.7 Å². The minimum atomic E-state index is -3.86. The minimum absolute atomic E-state index is 0.0477.